The number of likely N-dealkylation sites (tertiary alicyclic amines) is 2. The number of likely N-dealkylation sites (N-methyl/N-ethyl adjacent to an activating group) is 1. The number of piperidine rings is 1. The summed E-state index contributed by atoms with van der Waals surface area (Å²) >= 11 is 1.77. The fraction of sp³-hybridized carbons (Fsp3) is 0.667. The van der Waals surface area contributed by atoms with E-state index in [2.05, 4.69) is 51.4 Å². The molecule has 1 spiro atoms. The van der Waals surface area contributed by atoms with E-state index in [1.54, 1.807) is 11.3 Å². The summed E-state index contributed by atoms with van der Waals surface area (Å²) in [7, 11) is 2.18. The van der Waals surface area contributed by atoms with Gasteiger partial charge in [-0.15, -0.1) is 11.3 Å². The Morgan fingerprint density at radius 1 is 1.44 bits per heavy atom. The molecule has 146 valence electrons. The van der Waals surface area contributed by atoms with Gasteiger partial charge >= 0.3 is 0 Å². The number of nitrogens with one attached hydrogen (secondary N) is 2. The van der Waals surface area contributed by atoms with Crippen LogP contribution >= 0.6 is 11.3 Å². The molecule has 0 aliphatic carbocycles. The molecule has 0 saturated carbocycles. The summed E-state index contributed by atoms with van der Waals surface area (Å²) in [5, 5.41) is 14.5. The highest BCUT2D eigenvalue weighted by molar-refractivity contribution is 7.11. The molecule has 2 aromatic heterocycles. The minimum absolute atomic E-state index is 0.0311. The third kappa shape index (κ3) is 3.51. The number of aromatic nitrogens is 4. The van der Waals surface area contributed by atoms with Crippen LogP contribution in [0.1, 0.15) is 45.3 Å². The molecule has 2 saturated heterocycles. The van der Waals surface area contributed by atoms with Crippen molar-refractivity contribution in [3.63, 3.8) is 0 Å². The van der Waals surface area contributed by atoms with Crippen molar-refractivity contribution in [2.75, 3.05) is 26.7 Å². The maximum absolute atomic E-state index is 12.5. The van der Waals surface area contributed by atoms with Crippen molar-refractivity contribution in [2.45, 2.75) is 51.2 Å². The largest absolute Gasteiger partial charge is 0.346 e. The summed E-state index contributed by atoms with van der Waals surface area (Å²) in [6, 6.07) is 0.118. The second-order valence-corrected chi connectivity index (χ2v) is 9.15. The molecule has 2 N–H and O–H groups in total. The molecule has 2 atom stereocenters. The van der Waals surface area contributed by atoms with Gasteiger partial charge < -0.3 is 5.32 Å². The summed E-state index contributed by atoms with van der Waals surface area (Å²) in [6.45, 7) is 8.13. The average Bonchev–Trinajstić information content (AvgIpc) is 3.34. The standard InChI is InChI=1S/C18H27N7OS/c1-12-15(20-13(2)27-12)10-25-7-4-6-18(11-25)16(5-8-24(18)3)21-17(26)14-9-19-23-22-14/h9,16H,4-8,10-11H2,1-3H3,(H,21,26)(H,19,22,23). The molecular formula is C18H27N7OS. The third-order valence-electron chi connectivity index (χ3n) is 6.07. The predicted octanol–water partition coefficient (Wildman–Crippen LogP) is 1.35. The number of thiazole rings is 1. The van der Waals surface area contributed by atoms with Crippen LogP contribution in [-0.4, -0.2) is 74.4 Å². The Bertz CT molecular complexity index is 805. The first kappa shape index (κ1) is 18.5. The molecule has 2 aromatic rings. The van der Waals surface area contributed by atoms with Crippen LogP contribution in [0.3, 0.4) is 0 Å². The summed E-state index contributed by atoms with van der Waals surface area (Å²) in [4.78, 5) is 23.5. The Kier molecular flexibility index (Phi) is 5.00. The van der Waals surface area contributed by atoms with Crippen LogP contribution in [0.15, 0.2) is 6.20 Å². The lowest BCUT2D eigenvalue weighted by Gasteiger charge is -2.47. The molecular weight excluding hydrogens is 362 g/mol. The lowest BCUT2D eigenvalue weighted by molar-refractivity contribution is 0.0348. The van der Waals surface area contributed by atoms with Crippen molar-refractivity contribution in [3.8, 4) is 0 Å². The normalized spacial score (nSPS) is 26.7. The smallest absolute Gasteiger partial charge is 0.273 e. The molecule has 0 radical (unpaired) electrons. The Hall–Kier alpha value is -1.84. The van der Waals surface area contributed by atoms with Crippen LogP contribution in [0, 0.1) is 13.8 Å². The van der Waals surface area contributed by atoms with E-state index in [0.717, 1.165) is 50.4 Å². The molecule has 2 aliphatic rings. The van der Waals surface area contributed by atoms with Crippen LogP contribution in [0.25, 0.3) is 0 Å². The number of carbonyl (C=O) groups is 1. The first-order valence-electron chi connectivity index (χ1n) is 9.51. The monoisotopic (exact) mass is 389 g/mol. The van der Waals surface area contributed by atoms with Crippen LogP contribution in [0.2, 0.25) is 0 Å². The zero-order valence-corrected chi connectivity index (χ0v) is 17.0. The van der Waals surface area contributed by atoms with E-state index in [4.69, 9.17) is 4.98 Å². The van der Waals surface area contributed by atoms with Gasteiger partial charge in [0.1, 0.15) is 0 Å². The number of aryl methyl sites for hydroxylation is 2. The molecule has 0 bridgehead atoms. The number of nitrogens with zero attached hydrogens (tertiary/aromatic N) is 5. The first-order valence-corrected chi connectivity index (χ1v) is 10.3. The van der Waals surface area contributed by atoms with Crippen molar-refractivity contribution in [3.05, 3.63) is 27.5 Å². The number of rotatable bonds is 4. The van der Waals surface area contributed by atoms with Crippen molar-refractivity contribution >= 4 is 17.2 Å². The van der Waals surface area contributed by atoms with E-state index in [0.29, 0.717) is 5.69 Å². The second kappa shape index (κ2) is 7.29. The highest BCUT2D eigenvalue weighted by Crippen LogP contribution is 2.37. The fourth-order valence-electron chi connectivity index (χ4n) is 4.65. The van der Waals surface area contributed by atoms with Crippen molar-refractivity contribution in [2.24, 2.45) is 0 Å². The van der Waals surface area contributed by atoms with Crippen molar-refractivity contribution in [1.82, 2.24) is 35.5 Å². The van der Waals surface area contributed by atoms with E-state index in [1.165, 1.54) is 16.8 Å². The van der Waals surface area contributed by atoms with Gasteiger partial charge in [0.15, 0.2) is 5.69 Å². The molecule has 8 nitrogen and oxygen atoms in total. The Balaban J connectivity index is 1.50. The zero-order chi connectivity index (χ0) is 19.0. The lowest BCUT2D eigenvalue weighted by atomic mass is 9.82. The van der Waals surface area contributed by atoms with E-state index in [-0.39, 0.29) is 17.5 Å². The van der Waals surface area contributed by atoms with E-state index >= 15 is 0 Å². The van der Waals surface area contributed by atoms with Crippen LogP contribution in [0.5, 0.6) is 0 Å². The Labute approximate surface area is 163 Å². The lowest BCUT2D eigenvalue weighted by Crippen LogP contribution is -2.63. The summed E-state index contributed by atoms with van der Waals surface area (Å²) < 4.78 is 0. The van der Waals surface area contributed by atoms with Gasteiger partial charge in [-0.25, -0.2) is 4.98 Å². The minimum atomic E-state index is -0.147. The molecule has 4 rings (SSSR count). The summed E-state index contributed by atoms with van der Waals surface area (Å²) in [6.07, 6.45) is 4.66. The number of amides is 1. The number of carbonyl (C=O) groups excluding carboxylic acids is 1. The number of hydrogen-bond acceptors (Lipinski definition) is 7. The summed E-state index contributed by atoms with van der Waals surface area (Å²) in [5.41, 5.74) is 1.51. The van der Waals surface area contributed by atoms with E-state index in [1.807, 2.05) is 0 Å². The second-order valence-electron chi connectivity index (χ2n) is 7.75. The molecule has 2 unspecified atom stereocenters. The van der Waals surface area contributed by atoms with Crippen LogP contribution in [-0.2, 0) is 6.54 Å². The van der Waals surface area contributed by atoms with Gasteiger partial charge in [-0.1, -0.05) is 0 Å². The van der Waals surface area contributed by atoms with Gasteiger partial charge in [-0.05, 0) is 46.7 Å². The van der Waals surface area contributed by atoms with E-state index in [9.17, 15) is 4.79 Å². The summed E-state index contributed by atoms with van der Waals surface area (Å²) in [5.74, 6) is -0.147. The topological polar surface area (TPSA) is 90.0 Å². The van der Waals surface area contributed by atoms with Crippen molar-refractivity contribution in [1.29, 1.82) is 0 Å². The first-order chi connectivity index (χ1) is 13.0. The SMILES string of the molecule is Cc1nc(CN2CCCC3(C2)C(NC(=O)c2cn[nH]n2)CCN3C)c(C)s1. The van der Waals surface area contributed by atoms with Crippen LogP contribution < -0.4 is 5.32 Å². The molecule has 1 amide bonds. The van der Waals surface area contributed by atoms with Gasteiger partial charge in [0.05, 0.1) is 28.5 Å². The molecule has 2 fully saturated rings. The maximum Gasteiger partial charge on any atom is 0.273 e. The highest BCUT2D eigenvalue weighted by Gasteiger charge is 2.49. The average molecular weight is 390 g/mol. The quantitative estimate of drug-likeness (QED) is 0.820. The molecule has 27 heavy (non-hydrogen) atoms. The van der Waals surface area contributed by atoms with Gasteiger partial charge in [0.2, 0.25) is 0 Å². The van der Waals surface area contributed by atoms with E-state index < -0.39 is 0 Å². The fourth-order valence-corrected chi connectivity index (χ4v) is 5.47. The Morgan fingerprint density at radius 3 is 3.00 bits per heavy atom. The molecule has 9 heteroatoms. The highest BCUT2D eigenvalue weighted by atomic mass is 32.1. The van der Waals surface area contributed by atoms with Gasteiger partial charge in [-0.3, -0.25) is 14.6 Å². The zero-order valence-electron chi connectivity index (χ0n) is 16.2. The molecule has 4 heterocycles. The third-order valence-corrected chi connectivity index (χ3v) is 7.00. The number of H-pyrrole nitrogens is 1. The van der Waals surface area contributed by atoms with Crippen LogP contribution in [0.4, 0.5) is 0 Å². The number of hydrogen-bond donors (Lipinski definition) is 2. The minimum Gasteiger partial charge on any atom is -0.346 e. The maximum atomic E-state index is 12.5. The molecule has 0 aromatic carbocycles. The Morgan fingerprint density at radius 2 is 2.30 bits per heavy atom. The van der Waals surface area contributed by atoms with Gasteiger partial charge in [0.25, 0.3) is 5.91 Å². The molecule has 2 aliphatic heterocycles. The predicted molar refractivity (Wildman–Crippen MR) is 104 cm³/mol. The van der Waals surface area contributed by atoms with Gasteiger partial charge in [-0.2, -0.15) is 15.4 Å². The van der Waals surface area contributed by atoms with Crippen molar-refractivity contribution < 1.29 is 4.79 Å². The number of aromatic amines is 1. The van der Waals surface area contributed by atoms with Gasteiger partial charge in [0, 0.05) is 24.5 Å².